The molecule has 18 heavy (non-hydrogen) atoms. The normalized spacial score (nSPS) is 24.5. The first-order valence-corrected chi connectivity index (χ1v) is 8.03. The van der Waals surface area contributed by atoms with Crippen LogP contribution in [-0.4, -0.2) is 30.2 Å². The molecular formula is C11H12ClN3OS2. The van der Waals surface area contributed by atoms with Crippen molar-refractivity contribution in [2.24, 2.45) is 0 Å². The van der Waals surface area contributed by atoms with E-state index in [1.54, 1.807) is 12.4 Å². The number of imidazole rings is 1. The molecule has 96 valence electrons. The van der Waals surface area contributed by atoms with Gasteiger partial charge in [0, 0.05) is 34.5 Å². The molecule has 0 aliphatic carbocycles. The van der Waals surface area contributed by atoms with Crippen molar-refractivity contribution in [1.29, 1.82) is 0 Å². The number of rotatable bonds is 1. The van der Waals surface area contributed by atoms with Crippen LogP contribution in [0.4, 0.5) is 0 Å². The number of hydrogen-bond acceptors (Lipinski definition) is 3. The lowest BCUT2D eigenvalue weighted by Crippen LogP contribution is -2.21. The molecule has 3 rings (SSSR count). The highest BCUT2D eigenvalue weighted by Crippen LogP contribution is 2.30. The molecule has 1 aliphatic heterocycles. The summed E-state index contributed by atoms with van der Waals surface area (Å²) in [5, 5.41) is 0.603. The Kier molecular flexibility index (Phi) is 3.25. The predicted octanol–water partition coefficient (Wildman–Crippen LogP) is 2.83. The summed E-state index contributed by atoms with van der Waals surface area (Å²) in [6.45, 7) is 0. The predicted molar refractivity (Wildman–Crippen MR) is 76.1 cm³/mol. The van der Waals surface area contributed by atoms with Crippen molar-refractivity contribution in [3.05, 3.63) is 22.2 Å². The van der Waals surface area contributed by atoms with E-state index in [9.17, 15) is 4.21 Å². The number of nitrogens with zero attached hydrogens (tertiary/aromatic N) is 2. The first kappa shape index (κ1) is 12.3. The maximum Gasteiger partial charge on any atom is 0.178 e. The Hall–Kier alpha value is -0.720. The first-order valence-electron chi connectivity index (χ1n) is 5.75. The molecule has 0 aromatic carbocycles. The molecule has 3 heterocycles. The fourth-order valence-corrected chi connectivity index (χ4v) is 4.30. The van der Waals surface area contributed by atoms with E-state index >= 15 is 0 Å². The third-order valence-electron chi connectivity index (χ3n) is 3.30. The molecule has 1 saturated heterocycles. The monoisotopic (exact) mass is 301 g/mol. The molecule has 0 spiro atoms. The van der Waals surface area contributed by atoms with Crippen molar-refractivity contribution in [1.82, 2.24) is 14.5 Å². The maximum atomic E-state index is 11.4. The van der Waals surface area contributed by atoms with E-state index in [1.807, 2.05) is 0 Å². The van der Waals surface area contributed by atoms with Gasteiger partial charge in [-0.25, -0.2) is 0 Å². The van der Waals surface area contributed by atoms with Gasteiger partial charge in [-0.3, -0.25) is 9.19 Å². The molecule has 2 aromatic heterocycles. The van der Waals surface area contributed by atoms with Crippen LogP contribution in [0, 0.1) is 4.77 Å². The number of hydrogen-bond donors (Lipinski definition) is 1. The summed E-state index contributed by atoms with van der Waals surface area (Å²) in [5.74, 6) is 1.48. The van der Waals surface area contributed by atoms with Gasteiger partial charge in [0.1, 0.15) is 0 Å². The summed E-state index contributed by atoms with van der Waals surface area (Å²) < 4.78 is 14.2. The van der Waals surface area contributed by atoms with E-state index in [0.717, 1.165) is 35.4 Å². The Bertz CT molecular complexity index is 668. The smallest absolute Gasteiger partial charge is 0.178 e. The SMILES string of the molecule is O=S1CCC(n2c(=S)[nH]c3cncc(Cl)c32)CC1. The van der Waals surface area contributed by atoms with Crippen LogP contribution in [0.3, 0.4) is 0 Å². The number of H-pyrrole nitrogens is 1. The fourth-order valence-electron chi connectivity index (χ4n) is 2.43. The Morgan fingerprint density at radius 3 is 2.89 bits per heavy atom. The lowest BCUT2D eigenvalue weighted by molar-refractivity contribution is 0.468. The molecule has 1 fully saturated rings. The molecule has 1 aliphatic rings. The number of nitrogens with one attached hydrogen (secondary N) is 1. The van der Waals surface area contributed by atoms with E-state index < -0.39 is 10.8 Å². The maximum absolute atomic E-state index is 11.4. The van der Waals surface area contributed by atoms with Gasteiger partial charge in [-0.1, -0.05) is 11.6 Å². The molecule has 1 N–H and O–H groups in total. The summed E-state index contributed by atoms with van der Waals surface area (Å²) in [7, 11) is -0.671. The lowest BCUT2D eigenvalue weighted by Gasteiger charge is -2.23. The zero-order valence-electron chi connectivity index (χ0n) is 9.56. The Morgan fingerprint density at radius 1 is 1.44 bits per heavy atom. The molecule has 0 bridgehead atoms. The second-order valence-corrected chi connectivity index (χ2v) is 6.89. The molecule has 0 unspecified atom stereocenters. The van der Waals surface area contributed by atoms with E-state index in [0.29, 0.717) is 9.79 Å². The van der Waals surface area contributed by atoms with E-state index in [4.69, 9.17) is 23.8 Å². The van der Waals surface area contributed by atoms with E-state index in [-0.39, 0.29) is 6.04 Å². The minimum Gasteiger partial charge on any atom is -0.329 e. The van der Waals surface area contributed by atoms with Crippen molar-refractivity contribution in [3.8, 4) is 0 Å². The molecule has 0 amide bonds. The van der Waals surface area contributed by atoms with Crippen molar-refractivity contribution < 1.29 is 4.21 Å². The van der Waals surface area contributed by atoms with Crippen LogP contribution < -0.4 is 0 Å². The van der Waals surface area contributed by atoms with Gasteiger partial charge in [0.25, 0.3) is 0 Å². The fraction of sp³-hybridized carbons (Fsp3) is 0.455. The minimum absolute atomic E-state index is 0.281. The molecular weight excluding hydrogens is 290 g/mol. The third-order valence-corrected chi connectivity index (χ3v) is 5.25. The van der Waals surface area contributed by atoms with Crippen LogP contribution in [-0.2, 0) is 10.8 Å². The lowest BCUT2D eigenvalue weighted by atomic mass is 10.1. The van der Waals surface area contributed by atoms with Crippen LogP contribution in [0.1, 0.15) is 18.9 Å². The summed E-state index contributed by atoms with van der Waals surface area (Å²) in [5.41, 5.74) is 1.77. The van der Waals surface area contributed by atoms with Gasteiger partial charge in [-0.15, -0.1) is 0 Å². The standard InChI is InChI=1S/C11H12ClN3OS2/c12-8-5-13-6-9-10(8)15(11(17)14-9)7-1-3-18(16)4-2-7/h5-7H,1-4H2,(H,14,17). The second-order valence-electron chi connectivity index (χ2n) is 4.40. The van der Waals surface area contributed by atoms with Gasteiger partial charge >= 0.3 is 0 Å². The molecule has 7 heteroatoms. The van der Waals surface area contributed by atoms with Gasteiger partial charge in [0.2, 0.25) is 0 Å². The molecule has 4 nitrogen and oxygen atoms in total. The van der Waals surface area contributed by atoms with Crippen molar-refractivity contribution >= 4 is 45.7 Å². The zero-order valence-corrected chi connectivity index (χ0v) is 11.9. The Morgan fingerprint density at radius 2 is 2.17 bits per heavy atom. The largest absolute Gasteiger partial charge is 0.329 e. The van der Waals surface area contributed by atoms with Crippen LogP contribution >= 0.6 is 23.8 Å². The van der Waals surface area contributed by atoms with Gasteiger partial charge < -0.3 is 9.55 Å². The number of halogens is 1. The van der Waals surface area contributed by atoms with E-state index in [2.05, 4.69) is 14.5 Å². The third kappa shape index (κ3) is 2.02. The Labute approximate surface area is 117 Å². The summed E-state index contributed by atoms with van der Waals surface area (Å²) in [6.07, 6.45) is 5.12. The van der Waals surface area contributed by atoms with Crippen molar-refractivity contribution in [2.75, 3.05) is 11.5 Å². The first-order chi connectivity index (χ1) is 8.66. The summed E-state index contributed by atoms with van der Waals surface area (Å²) >= 11 is 11.6. The topological polar surface area (TPSA) is 50.7 Å². The quantitative estimate of drug-likeness (QED) is 0.824. The van der Waals surface area contributed by atoms with Gasteiger partial charge in [0.05, 0.1) is 22.3 Å². The highest BCUT2D eigenvalue weighted by molar-refractivity contribution is 7.85. The molecule has 0 saturated carbocycles. The minimum atomic E-state index is -0.671. The Balaban J connectivity index is 2.14. The summed E-state index contributed by atoms with van der Waals surface area (Å²) in [6, 6.07) is 0.281. The highest BCUT2D eigenvalue weighted by Gasteiger charge is 2.22. The number of aromatic amines is 1. The van der Waals surface area contributed by atoms with Gasteiger partial charge in [0.15, 0.2) is 4.77 Å². The van der Waals surface area contributed by atoms with Crippen molar-refractivity contribution in [2.45, 2.75) is 18.9 Å². The van der Waals surface area contributed by atoms with Crippen molar-refractivity contribution in [3.63, 3.8) is 0 Å². The van der Waals surface area contributed by atoms with Gasteiger partial charge in [-0.2, -0.15) is 0 Å². The summed E-state index contributed by atoms with van der Waals surface area (Å²) in [4.78, 5) is 7.18. The molecule has 2 aromatic rings. The number of pyridine rings is 1. The number of fused-ring (bicyclic) bond motifs is 1. The number of aromatic nitrogens is 3. The van der Waals surface area contributed by atoms with E-state index in [1.165, 1.54) is 0 Å². The van der Waals surface area contributed by atoms with Crippen LogP contribution in [0.25, 0.3) is 11.0 Å². The van der Waals surface area contributed by atoms with Gasteiger partial charge in [-0.05, 0) is 25.1 Å². The average Bonchev–Trinajstić information content (AvgIpc) is 2.68. The second kappa shape index (κ2) is 4.75. The average molecular weight is 302 g/mol. The van der Waals surface area contributed by atoms with Crippen LogP contribution in [0.2, 0.25) is 5.02 Å². The van der Waals surface area contributed by atoms with Crippen LogP contribution in [0.5, 0.6) is 0 Å². The molecule has 0 atom stereocenters. The zero-order chi connectivity index (χ0) is 12.7. The highest BCUT2D eigenvalue weighted by atomic mass is 35.5. The molecule has 0 radical (unpaired) electrons. The van der Waals surface area contributed by atoms with Crippen LogP contribution in [0.15, 0.2) is 12.4 Å².